The quantitative estimate of drug-likeness (QED) is 0.577. The van der Waals surface area contributed by atoms with Gasteiger partial charge in [0, 0.05) is 13.1 Å². The Morgan fingerprint density at radius 2 is 1.44 bits per heavy atom. The lowest BCUT2D eigenvalue weighted by Crippen LogP contribution is -2.47. The maximum Gasteiger partial charge on any atom is 0.333 e. The van der Waals surface area contributed by atoms with Gasteiger partial charge in [0.2, 0.25) is 0 Å². The predicted octanol–water partition coefficient (Wildman–Crippen LogP) is 2.78. The number of hydrogen-bond donors (Lipinski definition) is 0. The fraction of sp³-hybridized carbons (Fsp3) is 0.833. The molecule has 0 aliphatic rings. The first-order chi connectivity index (χ1) is 7.54. The first-order valence-electron chi connectivity index (χ1n) is 4.49. The Hall–Kier alpha value is -0.650. The van der Waals surface area contributed by atoms with Gasteiger partial charge in [-0.05, 0) is 13.8 Å². The molecule has 0 N–H and O–H groups in total. The predicted molar refractivity (Wildman–Crippen MR) is 54.9 cm³/mol. The van der Waals surface area contributed by atoms with Crippen molar-refractivity contribution in [3.05, 3.63) is 0 Å². The van der Waals surface area contributed by atoms with Crippen molar-refractivity contribution in [1.82, 2.24) is 4.90 Å². The molecule has 0 aromatic heterocycles. The zero-order chi connectivity index (χ0) is 15.1. The minimum atomic E-state index is -10.9. The van der Waals surface area contributed by atoms with Crippen molar-refractivity contribution in [1.29, 1.82) is 0 Å². The smallest absolute Gasteiger partial charge is 0.333 e. The van der Waals surface area contributed by atoms with E-state index in [1.165, 1.54) is 0 Å². The number of amides is 1. The summed E-state index contributed by atoms with van der Waals surface area (Å²) in [5, 5.41) is 0. The van der Waals surface area contributed by atoms with Crippen LogP contribution in [-0.4, -0.2) is 36.9 Å². The van der Waals surface area contributed by atoms with E-state index in [2.05, 4.69) is 0 Å². The van der Waals surface area contributed by atoms with Crippen molar-refractivity contribution >= 4 is 26.4 Å². The van der Waals surface area contributed by atoms with E-state index in [4.69, 9.17) is 0 Å². The van der Waals surface area contributed by atoms with Crippen molar-refractivity contribution in [3.8, 4) is 0 Å². The summed E-state index contributed by atoms with van der Waals surface area (Å²) in [7, 11) is -17.7. The monoisotopic (exact) mass is 323 g/mol. The van der Waals surface area contributed by atoms with Gasteiger partial charge in [0.25, 0.3) is 5.91 Å². The van der Waals surface area contributed by atoms with Gasteiger partial charge in [0.15, 0.2) is 0 Å². The van der Waals surface area contributed by atoms with Gasteiger partial charge in [-0.1, -0.05) is 19.4 Å². The minimum Gasteiger partial charge on any atom is -0.341 e. The molecule has 0 aliphatic heterocycles. The van der Waals surface area contributed by atoms with Crippen molar-refractivity contribution in [2.24, 2.45) is 0 Å². The second-order valence-electron chi connectivity index (χ2n) is 3.35. The van der Waals surface area contributed by atoms with Gasteiger partial charge in [-0.25, -0.2) is 0 Å². The van der Waals surface area contributed by atoms with Crippen LogP contribution >= 0.6 is 10.2 Å². The number of hydrogen-bond acceptors (Lipinski definition) is 3. The first-order valence-corrected chi connectivity index (χ1v) is 7.95. The fourth-order valence-electron chi connectivity index (χ4n) is 1.21. The number of nitrogens with zero attached hydrogens (tertiary/aromatic N) is 1. The minimum absolute atomic E-state index is 0.166. The molecular formula is C6H11F6NO3S2. The SMILES string of the molecule is CCN(CC)C(=O)[C@@H](S(=O)(=O)F)S(F)(F)(F)(F)F. The molecule has 0 aromatic carbocycles. The highest BCUT2D eigenvalue weighted by Crippen LogP contribution is 3.01. The van der Waals surface area contributed by atoms with Gasteiger partial charge >= 0.3 is 25.0 Å². The highest BCUT2D eigenvalue weighted by atomic mass is 32.5. The van der Waals surface area contributed by atoms with Crippen LogP contribution in [0, 0.1) is 0 Å². The largest absolute Gasteiger partial charge is 0.341 e. The van der Waals surface area contributed by atoms with Crippen LogP contribution in [-0.2, 0) is 15.0 Å². The molecule has 1 atom stereocenters. The van der Waals surface area contributed by atoms with Crippen LogP contribution in [0.2, 0.25) is 0 Å². The summed E-state index contributed by atoms with van der Waals surface area (Å²) in [6.45, 7) is 1.34. The van der Waals surface area contributed by atoms with Gasteiger partial charge in [0.05, 0.1) is 0 Å². The summed E-state index contributed by atoms with van der Waals surface area (Å²) in [5.41, 5.74) is 0. The van der Waals surface area contributed by atoms with Crippen LogP contribution in [0.5, 0.6) is 0 Å². The molecule has 0 unspecified atom stereocenters. The van der Waals surface area contributed by atoms with Crippen LogP contribution in [0.25, 0.3) is 0 Å². The molecule has 112 valence electrons. The lowest BCUT2D eigenvalue weighted by Gasteiger charge is -2.44. The topological polar surface area (TPSA) is 54.5 Å². The molecule has 0 rings (SSSR count). The third kappa shape index (κ3) is 4.23. The molecular weight excluding hydrogens is 312 g/mol. The summed E-state index contributed by atoms with van der Waals surface area (Å²) in [6, 6.07) is 0. The van der Waals surface area contributed by atoms with E-state index in [1.807, 2.05) is 0 Å². The summed E-state index contributed by atoms with van der Waals surface area (Å²) >= 11 is 0. The van der Waals surface area contributed by atoms with Gasteiger partial charge in [0.1, 0.15) is 0 Å². The summed E-state index contributed by atoms with van der Waals surface area (Å²) in [6.07, 6.45) is 0. The van der Waals surface area contributed by atoms with Gasteiger partial charge in [-0.2, -0.15) is 8.42 Å². The Kier molecular flexibility index (Phi) is 3.78. The van der Waals surface area contributed by atoms with Gasteiger partial charge in [-0.3, -0.25) is 4.79 Å². The highest BCUT2D eigenvalue weighted by Gasteiger charge is 2.78. The molecule has 0 aliphatic carbocycles. The number of rotatable bonds is 5. The van der Waals surface area contributed by atoms with Crippen molar-refractivity contribution in [2.75, 3.05) is 13.1 Å². The molecule has 0 radical (unpaired) electrons. The van der Waals surface area contributed by atoms with E-state index in [0.29, 0.717) is 0 Å². The third-order valence-electron chi connectivity index (χ3n) is 1.94. The molecule has 0 aromatic rings. The maximum atomic E-state index is 12.5. The van der Waals surface area contributed by atoms with Crippen molar-refractivity contribution < 1.29 is 36.5 Å². The summed E-state index contributed by atoms with van der Waals surface area (Å²) in [5.74, 6) is -2.51. The number of halogens is 6. The molecule has 0 saturated carbocycles. The summed E-state index contributed by atoms with van der Waals surface area (Å²) < 4.78 is 90.1. The normalized spacial score (nSPS) is 18.7. The highest BCUT2D eigenvalue weighted by molar-refractivity contribution is 8.50. The molecule has 0 spiro atoms. The van der Waals surface area contributed by atoms with Crippen LogP contribution in [0.3, 0.4) is 0 Å². The molecule has 12 heteroatoms. The number of carbonyl (C=O) groups is 1. The fourth-order valence-corrected chi connectivity index (χ4v) is 3.87. The maximum absolute atomic E-state index is 12.5. The molecule has 0 bridgehead atoms. The number of carbonyl (C=O) groups excluding carboxylic acids is 1. The van der Waals surface area contributed by atoms with Crippen molar-refractivity contribution in [3.63, 3.8) is 0 Å². The zero-order valence-corrected chi connectivity index (χ0v) is 10.9. The first kappa shape index (κ1) is 17.4. The second-order valence-corrected chi connectivity index (χ2v) is 7.60. The van der Waals surface area contributed by atoms with E-state index >= 15 is 0 Å². The molecule has 0 fully saturated rings. The Balaban J connectivity index is 5.98. The van der Waals surface area contributed by atoms with E-state index in [0.717, 1.165) is 13.8 Å². The summed E-state index contributed by atoms with van der Waals surface area (Å²) in [4.78, 5) is 11.3. The average Bonchev–Trinajstić information content (AvgIpc) is 1.96. The van der Waals surface area contributed by atoms with Crippen LogP contribution in [0.1, 0.15) is 13.8 Å². The van der Waals surface area contributed by atoms with E-state index in [1.54, 1.807) is 0 Å². The van der Waals surface area contributed by atoms with Crippen LogP contribution in [0.4, 0.5) is 23.3 Å². The van der Waals surface area contributed by atoms with E-state index in [-0.39, 0.29) is 4.90 Å². The Bertz CT molecular complexity index is 439. The lowest BCUT2D eigenvalue weighted by atomic mass is 10.5. The average molecular weight is 323 g/mol. The van der Waals surface area contributed by atoms with E-state index < -0.39 is 44.0 Å². The van der Waals surface area contributed by atoms with Gasteiger partial charge < -0.3 is 4.90 Å². The molecule has 0 heterocycles. The lowest BCUT2D eigenvalue weighted by molar-refractivity contribution is -0.129. The van der Waals surface area contributed by atoms with Crippen LogP contribution in [0.15, 0.2) is 0 Å². The molecule has 4 nitrogen and oxygen atoms in total. The Morgan fingerprint density at radius 3 is 1.61 bits per heavy atom. The van der Waals surface area contributed by atoms with Crippen LogP contribution < -0.4 is 0 Å². The van der Waals surface area contributed by atoms with Crippen molar-refractivity contribution in [2.45, 2.75) is 18.4 Å². The van der Waals surface area contributed by atoms with E-state index in [9.17, 15) is 36.5 Å². The molecule has 0 saturated heterocycles. The molecule has 1 amide bonds. The van der Waals surface area contributed by atoms with Gasteiger partial charge in [-0.15, -0.1) is 3.89 Å². The second kappa shape index (κ2) is 3.92. The standard InChI is InChI=1S/C6H11F6NO3S2/c1-3-13(4-2)5(14)6(17(7,15)16)18(8,9,10,11)12/h6H,3-4H2,1-2H3/t6-/m0/s1. The third-order valence-corrected chi connectivity index (χ3v) is 5.44. The Labute approximate surface area is 99.9 Å². The zero-order valence-electron chi connectivity index (χ0n) is 9.25. The Morgan fingerprint density at radius 1 is 1.11 bits per heavy atom. The molecule has 18 heavy (non-hydrogen) atoms.